The van der Waals surface area contributed by atoms with Crippen molar-refractivity contribution in [3.63, 3.8) is 0 Å². The smallest absolute Gasteiger partial charge is 0.416 e. The standard InChI is InChI=1S/C29H29F4NO4/c1-18(2)14-26(24-16-21(29(31,32)33)11-12-25(24)30)34-28(37)23-15-19(8-9-20(23)10-13-27(35)36)17-38-22-6-4-3-5-7-22/h3-9,11-12,15-16,18,26H,10,13-14,17H2,1-2H3,(H,34,37)(H,35,36). The van der Waals surface area contributed by atoms with Crippen LogP contribution in [0.25, 0.3) is 0 Å². The molecule has 3 aromatic rings. The molecular weight excluding hydrogens is 502 g/mol. The van der Waals surface area contributed by atoms with Gasteiger partial charge in [-0.2, -0.15) is 13.2 Å². The van der Waals surface area contributed by atoms with E-state index in [0.717, 1.165) is 12.1 Å². The van der Waals surface area contributed by atoms with E-state index < -0.39 is 35.5 Å². The van der Waals surface area contributed by atoms with Crippen LogP contribution in [0.4, 0.5) is 17.6 Å². The number of alkyl halides is 3. The average Bonchev–Trinajstić information content (AvgIpc) is 2.86. The van der Waals surface area contributed by atoms with Gasteiger partial charge in [0.1, 0.15) is 18.2 Å². The number of benzene rings is 3. The van der Waals surface area contributed by atoms with Crippen LogP contribution in [0.1, 0.15) is 65.3 Å². The number of para-hydroxylation sites is 1. The van der Waals surface area contributed by atoms with E-state index in [1.807, 2.05) is 32.0 Å². The molecule has 0 aliphatic heterocycles. The molecule has 1 amide bonds. The summed E-state index contributed by atoms with van der Waals surface area (Å²) in [5.74, 6) is -2.01. The van der Waals surface area contributed by atoms with Crippen molar-refractivity contribution < 1.29 is 37.0 Å². The van der Waals surface area contributed by atoms with E-state index in [0.29, 0.717) is 22.9 Å². The van der Waals surface area contributed by atoms with Crippen LogP contribution in [-0.2, 0) is 24.0 Å². The number of carboxylic acids is 1. The second-order valence-electron chi connectivity index (χ2n) is 9.38. The summed E-state index contributed by atoms with van der Waals surface area (Å²) in [5, 5.41) is 11.8. The summed E-state index contributed by atoms with van der Waals surface area (Å²) in [6, 6.07) is 15.0. The highest BCUT2D eigenvalue weighted by atomic mass is 19.4. The lowest BCUT2D eigenvalue weighted by atomic mass is 9.93. The van der Waals surface area contributed by atoms with Crippen molar-refractivity contribution in [1.82, 2.24) is 5.32 Å². The molecule has 3 aromatic carbocycles. The molecule has 0 saturated carbocycles. The van der Waals surface area contributed by atoms with E-state index in [2.05, 4.69) is 5.32 Å². The van der Waals surface area contributed by atoms with Gasteiger partial charge in [-0.05, 0) is 66.3 Å². The second kappa shape index (κ2) is 12.6. The number of aryl methyl sites for hydroxylation is 1. The van der Waals surface area contributed by atoms with Crippen LogP contribution < -0.4 is 10.1 Å². The van der Waals surface area contributed by atoms with Crippen LogP contribution in [0.5, 0.6) is 5.75 Å². The van der Waals surface area contributed by atoms with E-state index >= 15 is 0 Å². The molecule has 0 heterocycles. The van der Waals surface area contributed by atoms with Gasteiger partial charge < -0.3 is 15.2 Å². The van der Waals surface area contributed by atoms with E-state index in [1.165, 1.54) is 0 Å². The molecule has 1 unspecified atom stereocenters. The summed E-state index contributed by atoms with van der Waals surface area (Å²) in [6.45, 7) is 3.75. The molecule has 0 aliphatic carbocycles. The summed E-state index contributed by atoms with van der Waals surface area (Å²) in [5.41, 5.74) is -0.0527. The van der Waals surface area contributed by atoms with Gasteiger partial charge in [-0.3, -0.25) is 9.59 Å². The Balaban J connectivity index is 1.93. The Bertz CT molecular complexity index is 1260. The minimum absolute atomic E-state index is 0.0602. The van der Waals surface area contributed by atoms with Crippen molar-refractivity contribution in [3.8, 4) is 5.75 Å². The predicted molar refractivity (Wildman–Crippen MR) is 134 cm³/mol. The number of nitrogens with one attached hydrogen (secondary N) is 1. The molecule has 3 rings (SSSR count). The zero-order valence-electron chi connectivity index (χ0n) is 21.0. The van der Waals surface area contributed by atoms with Crippen molar-refractivity contribution in [1.29, 1.82) is 0 Å². The maximum Gasteiger partial charge on any atom is 0.416 e. The summed E-state index contributed by atoms with van der Waals surface area (Å²) in [7, 11) is 0. The van der Waals surface area contributed by atoms with Crippen molar-refractivity contribution >= 4 is 11.9 Å². The molecule has 0 radical (unpaired) electrons. The lowest BCUT2D eigenvalue weighted by Gasteiger charge is -2.23. The predicted octanol–water partition coefficient (Wildman–Crippen LogP) is 6.96. The van der Waals surface area contributed by atoms with Gasteiger partial charge in [-0.1, -0.05) is 44.2 Å². The summed E-state index contributed by atoms with van der Waals surface area (Å²) >= 11 is 0. The fourth-order valence-corrected chi connectivity index (χ4v) is 4.03. The van der Waals surface area contributed by atoms with Gasteiger partial charge in [-0.25, -0.2) is 4.39 Å². The number of rotatable bonds is 11. The Kier molecular flexibility index (Phi) is 9.50. The van der Waals surface area contributed by atoms with Gasteiger partial charge in [0, 0.05) is 17.5 Å². The number of hydrogen-bond donors (Lipinski definition) is 2. The Hall–Kier alpha value is -3.88. The number of aliphatic carboxylic acids is 1. The molecule has 2 N–H and O–H groups in total. The zero-order chi connectivity index (χ0) is 27.9. The fraction of sp³-hybridized carbons (Fsp3) is 0.310. The number of ether oxygens (including phenoxy) is 1. The Morgan fingerprint density at radius 3 is 2.34 bits per heavy atom. The quantitative estimate of drug-likeness (QED) is 0.262. The number of amides is 1. The zero-order valence-corrected chi connectivity index (χ0v) is 21.0. The first-order valence-electron chi connectivity index (χ1n) is 12.1. The third-order valence-electron chi connectivity index (χ3n) is 5.89. The normalized spacial score (nSPS) is 12.3. The number of carbonyl (C=O) groups excluding carboxylic acids is 1. The molecule has 0 aromatic heterocycles. The Labute approximate surface area is 218 Å². The summed E-state index contributed by atoms with van der Waals surface area (Å²) in [4.78, 5) is 24.6. The molecule has 5 nitrogen and oxygen atoms in total. The molecule has 38 heavy (non-hydrogen) atoms. The van der Waals surface area contributed by atoms with E-state index in [4.69, 9.17) is 9.84 Å². The van der Waals surface area contributed by atoms with Gasteiger partial charge >= 0.3 is 12.1 Å². The first-order valence-corrected chi connectivity index (χ1v) is 12.1. The van der Waals surface area contributed by atoms with Crippen molar-refractivity contribution in [3.05, 3.63) is 100 Å². The van der Waals surface area contributed by atoms with Crippen LogP contribution in [0.3, 0.4) is 0 Å². The largest absolute Gasteiger partial charge is 0.489 e. The van der Waals surface area contributed by atoms with Gasteiger partial charge in [-0.15, -0.1) is 0 Å². The minimum atomic E-state index is -4.67. The maximum atomic E-state index is 14.7. The highest BCUT2D eigenvalue weighted by Crippen LogP contribution is 2.33. The van der Waals surface area contributed by atoms with Crippen molar-refractivity contribution in [2.24, 2.45) is 5.92 Å². The molecule has 1 atom stereocenters. The molecule has 202 valence electrons. The molecule has 0 saturated heterocycles. The molecular formula is C29H29F4NO4. The van der Waals surface area contributed by atoms with Gasteiger partial charge in [0.25, 0.3) is 5.91 Å². The first kappa shape index (κ1) is 28.7. The summed E-state index contributed by atoms with van der Waals surface area (Å²) < 4.78 is 60.4. The first-order chi connectivity index (χ1) is 17.9. The highest BCUT2D eigenvalue weighted by molar-refractivity contribution is 5.96. The molecule has 0 bridgehead atoms. The van der Waals surface area contributed by atoms with Crippen LogP contribution in [-0.4, -0.2) is 17.0 Å². The number of carbonyl (C=O) groups is 2. The number of halogens is 4. The third kappa shape index (κ3) is 8.06. The van der Waals surface area contributed by atoms with Gasteiger partial charge in [0.2, 0.25) is 0 Å². The minimum Gasteiger partial charge on any atom is -0.489 e. The second-order valence-corrected chi connectivity index (χ2v) is 9.38. The van der Waals surface area contributed by atoms with Crippen molar-refractivity contribution in [2.45, 2.75) is 51.9 Å². The lowest BCUT2D eigenvalue weighted by molar-refractivity contribution is -0.138. The number of hydrogen-bond acceptors (Lipinski definition) is 3. The average molecular weight is 532 g/mol. The van der Waals surface area contributed by atoms with Gasteiger partial charge in [0.15, 0.2) is 0 Å². The molecule has 0 fully saturated rings. The monoisotopic (exact) mass is 531 g/mol. The molecule has 0 aliphatic rings. The molecule has 0 spiro atoms. The van der Waals surface area contributed by atoms with E-state index in [9.17, 15) is 27.2 Å². The number of carboxylic acid groups (broad SMARTS) is 1. The van der Waals surface area contributed by atoms with Gasteiger partial charge in [0.05, 0.1) is 11.6 Å². The summed E-state index contributed by atoms with van der Waals surface area (Å²) in [6.07, 6.45) is -4.65. The SMILES string of the molecule is CC(C)CC(NC(=O)c1cc(COc2ccccc2)ccc1CCC(=O)O)c1cc(C(F)(F)F)ccc1F. The Morgan fingerprint density at radius 1 is 1.00 bits per heavy atom. The third-order valence-corrected chi connectivity index (χ3v) is 5.89. The topological polar surface area (TPSA) is 75.6 Å². The van der Waals surface area contributed by atoms with Crippen LogP contribution in [0, 0.1) is 11.7 Å². The van der Waals surface area contributed by atoms with E-state index in [-0.39, 0.29) is 42.9 Å². The van der Waals surface area contributed by atoms with Crippen LogP contribution in [0.15, 0.2) is 66.7 Å². The van der Waals surface area contributed by atoms with E-state index in [1.54, 1.807) is 30.3 Å². The Morgan fingerprint density at radius 2 is 1.71 bits per heavy atom. The maximum absolute atomic E-state index is 14.7. The van der Waals surface area contributed by atoms with Crippen LogP contribution in [0.2, 0.25) is 0 Å². The lowest BCUT2D eigenvalue weighted by Crippen LogP contribution is -2.31. The van der Waals surface area contributed by atoms with Crippen molar-refractivity contribution in [2.75, 3.05) is 0 Å². The fourth-order valence-electron chi connectivity index (χ4n) is 4.03. The molecule has 9 heteroatoms. The van der Waals surface area contributed by atoms with Crippen LogP contribution >= 0.6 is 0 Å². The highest BCUT2D eigenvalue weighted by Gasteiger charge is 2.32.